The molecule has 3 N–H and O–H groups in total. The lowest BCUT2D eigenvalue weighted by Gasteiger charge is -2.29. The van der Waals surface area contributed by atoms with Gasteiger partial charge in [0.05, 0.1) is 12.6 Å². The minimum absolute atomic E-state index is 0.196. The molecule has 9 heavy (non-hydrogen) atoms. The molecule has 1 rings (SSSR count). The van der Waals surface area contributed by atoms with E-state index in [4.69, 9.17) is 15.6 Å². The molecule has 0 aliphatic carbocycles. The van der Waals surface area contributed by atoms with Crippen molar-refractivity contribution in [1.29, 1.82) is 0 Å². The number of aliphatic hydroxyl groups is 1. The standard InChI is InChI=1S/C6H13NO2/c1-4-2-3-9-6(8)5(4)7/h4-6,8H,2-3,7H2,1H3. The van der Waals surface area contributed by atoms with Gasteiger partial charge in [0.2, 0.25) is 0 Å². The molecule has 0 aromatic rings. The molecule has 1 saturated heterocycles. The van der Waals surface area contributed by atoms with Gasteiger partial charge in [0.1, 0.15) is 0 Å². The second-order valence-electron chi connectivity index (χ2n) is 2.60. The van der Waals surface area contributed by atoms with Gasteiger partial charge in [-0.3, -0.25) is 0 Å². The zero-order chi connectivity index (χ0) is 6.85. The Balaban J connectivity index is 2.41. The fourth-order valence-corrected chi connectivity index (χ4v) is 0.959. The zero-order valence-corrected chi connectivity index (χ0v) is 5.58. The number of hydrogen-bond acceptors (Lipinski definition) is 3. The van der Waals surface area contributed by atoms with Crippen molar-refractivity contribution in [1.82, 2.24) is 0 Å². The lowest BCUT2D eigenvalue weighted by atomic mass is 9.97. The van der Waals surface area contributed by atoms with Crippen molar-refractivity contribution in [2.75, 3.05) is 6.61 Å². The molecule has 54 valence electrons. The number of aliphatic hydroxyl groups excluding tert-OH is 1. The van der Waals surface area contributed by atoms with Gasteiger partial charge >= 0.3 is 0 Å². The van der Waals surface area contributed by atoms with Crippen LogP contribution in [0.1, 0.15) is 13.3 Å². The maximum Gasteiger partial charge on any atom is 0.169 e. The van der Waals surface area contributed by atoms with E-state index in [9.17, 15) is 0 Å². The van der Waals surface area contributed by atoms with E-state index in [0.717, 1.165) is 6.42 Å². The zero-order valence-electron chi connectivity index (χ0n) is 5.58. The molecule has 3 heteroatoms. The molecule has 0 amide bonds. The van der Waals surface area contributed by atoms with E-state index in [1.807, 2.05) is 6.92 Å². The van der Waals surface area contributed by atoms with E-state index >= 15 is 0 Å². The molecule has 0 spiro atoms. The molecule has 1 heterocycles. The summed E-state index contributed by atoms with van der Waals surface area (Å²) in [4.78, 5) is 0. The van der Waals surface area contributed by atoms with Crippen LogP contribution in [0.2, 0.25) is 0 Å². The second kappa shape index (κ2) is 2.64. The highest BCUT2D eigenvalue weighted by Gasteiger charge is 2.25. The summed E-state index contributed by atoms with van der Waals surface area (Å²) in [5, 5.41) is 9.00. The van der Waals surface area contributed by atoms with Gasteiger partial charge in [-0.15, -0.1) is 0 Å². The Morgan fingerprint density at radius 2 is 2.33 bits per heavy atom. The molecule has 3 atom stereocenters. The third-order valence-corrected chi connectivity index (χ3v) is 1.85. The van der Waals surface area contributed by atoms with Crippen LogP contribution in [0.4, 0.5) is 0 Å². The third kappa shape index (κ3) is 1.41. The van der Waals surface area contributed by atoms with E-state index in [1.54, 1.807) is 0 Å². The minimum Gasteiger partial charge on any atom is -0.367 e. The van der Waals surface area contributed by atoms with Gasteiger partial charge in [0.15, 0.2) is 6.29 Å². The molecule has 1 aliphatic heterocycles. The van der Waals surface area contributed by atoms with E-state index in [1.165, 1.54) is 0 Å². The van der Waals surface area contributed by atoms with Gasteiger partial charge in [-0.2, -0.15) is 0 Å². The van der Waals surface area contributed by atoms with Crippen LogP contribution in [-0.2, 0) is 4.74 Å². The average molecular weight is 131 g/mol. The predicted molar refractivity (Wildman–Crippen MR) is 33.7 cm³/mol. The highest BCUT2D eigenvalue weighted by molar-refractivity contribution is 4.75. The molecular weight excluding hydrogens is 118 g/mol. The summed E-state index contributed by atoms with van der Waals surface area (Å²) in [5.41, 5.74) is 5.55. The van der Waals surface area contributed by atoms with E-state index in [-0.39, 0.29) is 6.04 Å². The summed E-state index contributed by atoms with van der Waals surface area (Å²) < 4.78 is 4.89. The van der Waals surface area contributed by atoms with Crippen molar-refractivity contribution >= 4 is 0 Å². The highest BCUT2D eigenvalue weighted by Crippen LogP contribution is 2.16. The molecule has 3 nitrogen and oxygen atoms in total. The maximum absolute atomic E-state index is 9.00. The lowest BCUT2D eigenvalue weighted by Crippen LogP contribution is -2.45. The van der Waals surface area contributed by atoms with Gasteiger partial charge in [-0.1, -0.05) is 6.92 Å². The van der Waals surface area contributed by atoms with Gasteiger partial charge in [0, 0.05) is 0 Å². The fourth-order valence-electron chi connectivity index (χ4n) is 0.959. The number of rotatable bonds is 0. The summed E-state index contributed by atoms with van der Waals surface area (Å²) in [5.74, 6) is 0.383. The summed E-state index contributed by atoms with van der Waals surface area (Å²) in [6, 6.07) is -0.196. The van der Waals surface area contributed by atoms with Crippen LogP contribution >= 0.6 is 0 Å². The maximum atomic E-state index is 9.00. The van der Waals surface area contributed by atoms with E-state index < -0.39 is 6.29 Å². The van der Waals surface area contributed by atoms with E-state index in [0.29, 0.717) is 12.5 Å². The Kier molecular flexibility index (Phi) is 2.05. The Morgan fingerprint density at radius 3 is 2.78 bits per heavy atom. The van der Waals surface area contributed by atoms with Crippen LogP contribution in [0.25, 0.3) is 0 Å². The third-order valence-electron chi connectivity index (χ3n) is 1.85. The molecular formula is C6H13NO2. The molecule has 0 aromatic heterocycles. The van der Waals surface area contributed by atoms with Crippen LogP contribution < -0.4 is 5.73 Å². The summed E-state index contributed by atoms with van der Waals surface area (Å²) in [6.07, 6.45) is 0.215. The Hall–Kier alpha value is -0.120. The smallest absolute Gasteiger partial charge is 0.169 e. The molecule has 0 saturated carbocycles. The van der Waals surface area contributed by atoms with Gasteiger partial charge in [-0.25, -0.2) is 0 Å². The molecule has 0 radical (unpaired) electrons. The first-order valence-corrected chi connectivity index (χ1v) is 3.27. The molecule has 1 aliphatic rings. The first-order valence-electron chi connectivity index (χ1n) is 3.27. The predicted octanol–water partition coefficient (Wildman–Crippen LogP) is -0.312. The Labute approximate surface area is 54.8 Å². The van der Waals surface area contributed by atoms with Crippen LogP contribution in [-0.4, -0.2) is 24.0 Å². The SMILES string of the molecule is CC1CCOC(O)C1N. The van der Waals surface area contributed by atoms with Crippen molar-refractivity contribution in [2.24, 2.45) is 11.7 Å². The monoisotopic (exact) mass is 131 g/mol. The fraction of sp³-hybridized carbons (Fsp3) is 1.00. The van der Waals surface area contributed by atoms with Crippen molar-refractivity contribution in [2.45, 2.75) is 25.7 Å². The van der Waals surface area contributed by atoms with Crippen molar-refractivity contribution in [3.8, 4) is 0 Å². The second-order valence-corrected chi connectivity index (χ2v) is 2.60. The Morgan fingerprint density at radius 1 is 1.67 bits per heavy atom. The highest BCUT2D eigenvalue weighted by atomic mass is 16.6. The minimum atomic E-state index is -0.742. The average Bonchev–Trinajstić information content (AvgIpc) is 1.83. The normalized spacial score (nSPS) is 45.0. The van der Waals surface area contributed by atoms with Gasteiger partial charge in [0.25, 0.3) is 0 Å². The molecule has 3 unspecified atom stereocenters. The number of hydrogen-bond donors (Lipinski definition) is 2. The quantitative estimate of drug-likeness (QED) is 0.474. The summed E-state index contributed by atoms with van der Waals surface area (Å²) in [6.45, 7) is 2.66. The number of nitrogens with two attached hydrogens (primary N) is 1. The Bertz CT molecular complexity index is 87.1. The molecule has 0 aromatic carbocycles. The molecule has 0 bridgehead atoms. The number of ether oxygens (including phenoxy) is 1. The first-order chi connectivity index (χ1) is 4.22. The van der Waals surface area contributed by atoms with Crippen LogP contribution in [0.5, 0.6) is 0 Å². The van der Waals surface area contributed by atoms with Crippen molar-refractivity contribution < 1.29 is 9.84 Å². The van der Waals surface area contributed by atoms with Crippen LogP contribution in [0.3, 0.4) is 0 Å². The van der Waals surface area contributed by atoms with Gasteiger partial charge < -0.3 is 15.6 Å². The van der Waals surface area contributed by atoms with Crippen molar-refractivity contribution in [3.63, 3.8) is 0 Å². The van der Waals surface area contributed by atoms with Crippen molar-refractivity contribution in [3.05, 3.63) is 0 Å². The first kappa shape index (κ1) is 6.99. The van der Waals surface area contributed by atoms with E-state index in [2.05, 4.69) is 0 Å². The van der Waals surface area contributed by atoms with Crippen LogP contribution in [0.15, 0.2) is 0 Å². The lowest BCUT2D eigenvalue weighted by molar-refractivity contribution is -0.148. The summed E-state index contributed by atoms with van der Waals surface area (Å²) >= 11 is 0. The van der Waals surface area contributed by atoms with Gasteiger partial charge in [-0.05, 0) is 12.3 Å². The van der Waals surface area contributed by atoms with Crippen LogP contribution in [0, 0.1) is 5.92 Å². The topological polar surface area (TPSA) is 55.5 Å². The molecule has 1 fully saturated rings. The largest absolute Gasteiger partial charge is 0.367 e. The summed E-state index contributed by atoms with van der Waals surface area (Å²) in [7, 11) is 0.